The van der Waals surface area contributed by atoms with Crippen molar-refractivity contribution in [1.82, 2.24) is 0 Å². The standard InChI is InChI=1S/C12H17BrN2O3/c1-8-5-11(14(4)12(2,3)7-16)9(13)6-10(8)15(17)18/h5-6,16H,7H2,1-4H3. The Morgan fingerprint density at radius 1 is 1.50 bits per heavy atom. The summed E-state index contributed by atoms with van der Waals surface area (Å²) in [5.41, 5.74) is 1.06. The molecule has 0 aromatic heterocycles. The number of rotatable bonds is 4. The largest absolute Gasteiger partial charge is 0.394 e. The lowest BCUT2D eigenvalue weighted by atomic mass is 10.0. The van der Waals surface area contributed by atoms with Gasteiger partial charge in [0.25, 0.3) is 5.69 Å². The molecule has 5 nitrogen and oxygen atoms in total. The van der Waals surface area contributed by atoms with Crippen LogP contribution in [0.25, 0.3) is 0 Å². The molecule has 0 fully saturated rings. The zero-order valence-corrected chi connectivity index (χ0v) is 12.5. The highest BCUT2D eigenvalue weighted by molar-refractivity contribution is 9.10. The van der Waals surface area contributed by atoms with Gasteiger partial charge in [0.2, 0.25) is 0 Å². The summed E-state index contributed by atoms with van der Waals surface area (Å²) in [4.78, 5) is 12.3. The third-order valence-electron chi connectivity index (χ3n) is 3.12. The van der Waals surface area contributed by atoms with Crippen LogP contribution in [0, 0.1) is 17.0 Å². The number of likely N-dealkylation sites (N-methyl/N-ethyl adjacent to an activating group) is 1. The van der Waals surface area contributed by atoms with E-state index in [-0.39, 0.29) is 12.3 Å². The summed E-state index contributed by atoms with van der Waals surface area (Å²) in [6.45, 7) is 5.49. The molecule has 1 aromatic rings. The second-order valence-electron chi connectivity index (χ2n) is 4.88. The minimum absolute atomic E-state index is 0.00796. The molecule has 0 spiro atoms. The average molecular weight is 317 g/mol. The van der Waals surface area contributed by atoms with Gasteiger partial charge in [-0.3, -0.25) is 10.1 Å². The summed E-state index contributed by atoms with van der Waals surface area (Å²) < 4.78 is 0.642. The van der Waals surface area contributed by atoms with Gasteiger partial charge in [0, 0.05) is 23.2 Å². The molecule has 0 atom stereocenters. The lowest BCUT2D eigenvalue weighted by molar-refractivity contribution is -0.385. The quantitative estimate of drug-likeness (QED) is 0.685. The van der Waals surface area contributed by atoms with Crippen LogP contribution in [0.4, 0.5) is 11.4 Å². The first-order chi connectivity index (χ1) is 8.20. The van der Waals surface area contributed by atoms with Gasteiger partial charge in [0.1, 0.15) is 0 Å². The number of halogens is 1. The minimum atomic E-state index is -0.439. The molecule has 0 unspecified atom stereocenters. The topological polar surface area (TPSA) is 66.6 Å². The SMILES string of the molecule is Cc1cc(N(C)C(C)(C)CO)c(Br)cc1[N+](=O)[O-]. The Morgan fingerprint density at radius 2 is 2.06 bits per heavy atom. The van der Waals surface area contributed by atoms with Gasteiger partial charge in [0.15, 0.2) is 0 Å². The molecule has 6 heteroatoms. The van der Waals surface area contributed by atoms with Crippen molar-refractivity contribution in [1.29, 1.82) is 0 Å². The van der Waals surface area contributed by atoms with Gasteiger partial charge >= 0.3 is 0 Å². The molecule has 0 saturated carbocycles. The normalized spacial score (nSPS) is 11.4. The molecular formula is C12H17BrN2O3. The average Bonchev–Trinajstić information content (AvgIpc) is 2.30. The fourth-order valence-electron chi connectivity index (χ4n) is 1.54. The molecule has 1 aromatic carbocycles. The summed E-state index contributed by atoms with van der Waals surface area (Å²) in [5.74, 6) is 0. The Balaban J connectivity index is 3.28. The van der Waals surface area contributed by atoms with E-state index in [9.17, 15) is 15.2 Å². The van der Waals surface area contributed by atoms with E-state index in [2.05, 4.69) is 15.9 Å². The maximum absolute atomic E-state index is 10.8. The highest BCUT2D eigenvalue weighted by atomic mass is 79.9. The molecule has 0 radical (unpaired) electrons. The predicted octanol–water partition coefficient (Wildman–Crippen LogP) is 2.87. The number of aryl methyl sites for hydroxylation is 1. The van der Waals surface area contributed by atoms with Crippen LogP contribution in [0.15, 0.2) is 16.6 Å². The van der Waals surface area contributed by atoms with Gasteiger partial charge in [-0.2, -0.15) is 0 Å². The van der Waals surface area contributed by atoms with Gasteiger partial charge in [0.05, 0.1) is 22.8 Å². The molecule has 0 aliphatic heterocycles. The number of nitro groups is 1. The fraction of sp³-hybridized carbons (Fsp3) is 0.500. The number of hydrogen-bond donors (Lipinski definition) is 1. The summed E-state index contributed by atoms with van der Waals surface area (Å²) in [6.07, 6.45) is 0. The van der Waals surface area contributed by atoms with Gasteiger partial charge in [-0.05, 0) is 42.8 Å². The Kier molecular flexibility index (Phi) is 4.34. The van der Waals surface area contributed by atoms with Crippen LogP contribution in [-0.4, -0.2) is 29.2 Å². The second-order valence-corrected chi connectivity index (χ2v) is 5.73. The Bertz CT molecular complexity index is 475. The van der Waals surface area contributed by atoms with Crippen LogP contribution >= 0.6 is 15.9 Å². The van der Waals surface area contributed by atoms with Crippen LogP contribution in [0.1, 0.15) is 19.4 Å². The molecule has 0 aliphatic carbocycles. The molecule has 0 amide bonds. The summed E-state index contributed by atoms with van der Waals surface area (Å²) in [6, 6.07) is 3.24. The highest BCUT2D eigenvalue weighted by Crippen LogP contribution is 2.35. The van der Waals surface area contributed by atoms with Gasteiger partial charge in [-0.15, -0.1) is 0 Å². The number of anilines is 1. The van der Waals surface area contributed by atoms with Gasteiger partial charge in [-0.1, -0.05) is 0 Å². The molecule has 0 saturated heterocycles. The number of benzene rings is 1. The first-order valence-electron chi connectivity index (χ1n) is 5.50. The smallest absolute Gasteiger partial charge is 0.273 e. The molecule has 1 N–H and O–H groups in total. The Morgan fingerprint density at radius 3 is 2.50 bits per heavy atom. The third kappa shape index (κ3) is 2.81. The van der Waals surface area contributed by atoms with E-state index in [0.29, 0.717) is 10.0 Å². The predicted molar refractivity (Wildman–Crippen MR) is 75.1 cm³/mol. The van der Waals surface area contributed by atoms with E-state index in [4.69, 9.17) is 0 Å². The van der Waals surface area contributed by atoms with Crippen molar-refractivity contribution in [3.63, 3.8) is 0 Å². The van der Waals surface area contributed by atoms with Crippen molar-refractivity contribution in [2.45, 2.75) is 26.3 Å². The number of nitrogens with zero attached hydrogens (tertiary/aromatic N) is 2. The van der Waals surface area contributed by atoms with Crippen LogP contribution in [-0.2, 0) is 0 Å². The van der Waals surface area contributed by atoms with E-state index >= 15 is 0 Å². The van der Waals surface area contributed by atoms with Gasteiger partial charge < -0.3 is 10.0 Å². The lowest BCUT2D eigenvalue weighted by Gasteiger charge is -2.36. The maximum Gasteiger partial charge on any atom is 0.273 e. The molecule has 1 rings (SSSR count). The second kappa shape index (κ2) is 5.24. The molecule has 100 valence electrons. The summed E-state index contributed by atoms with van der Waals surface area (Å²) in [5, 5.41) is 20.2. The number of aliphatic hydroxyl groups excluding tert-OH is 1. The number of aliphatic hydroxyl groups is 1. The van der Waals surface area contributed by atoms with Crippen LogP contribution in [0.2, 0.25) is 0 Å². The molecule has 0 aliphatic rings. The zero-order valence-electron chi connectivity index (χ0n) is 10.9. The van der Waals surface area contributed by atoms with Crippen LogP contribution < -0.4 is 4.90 Å². The highest BCUT2D eigenvalue weighted by Gasteiger charge is 2.26. The first-order valence-corrected chi connectivity index (χ1v) is 6.29. The zero-order chi connectivity index (χ0) is 14.1. The van der Waals surface area contributed by atoms with Crippen molar-refractivity contribution < 1.29 is 10.0 Å². The van der Waals surface area contributed by atoms with Crippen LogP contribution in [0.5, 0.6) is 0 Å². The third-order valence-corrected chi connectivity index (χ3v) is 3.75. The van der Waals surface area contributed by atoms with Crippen molar-refractivity contribution >= 4 is 27.3 Å². The first kappa shape index (κ1) is 14.9. The maximum atomic E-state index is 10.8. The fourth-order valence-corrected chi connectivity index (χ4v) is 2.14. The van der Waals surface area contributed by atoms with E-state index in [0.717, 1.165) is 5.69 Å². The van der Waals surface area contributed by atoms with Crippen molar-refractivity contribution in [2.24, 2.45) is 0 Å². The molecule has 0 heterocycles. The molecule has 18 heavy (non-hydrogen) atoms. The molecule has 0 bridgehead atoms. The number of nitro benzene ring substituents is 1. The van der Waals surface area contributed by atoms with Gasteiger partial charge in [-0.25, -0.2) is 0 Å². The minimum Gasteiger partial charge on any atom is -0.394 e. The molecular weight excluding hydrogens is 300 g/mol. The van der Waals surface area contributed by atoms with E-state index in [1.54, 1.807) is 13.0 Å². The van der Waals surface area contributed by atoms with Crippen molar-refractivity contribution in [2.75, 3.05) is 18.6 Å². The monoisotopic (exact) mass is 316 g/mol. The van der Waals surface area contributed by atoms with Crippen molar-refractivity contribution in [3.8, 4) is 0 Å². The summed E-state index contributed by atoms with van der Waals surface area (Å²) in [7, 11) is 1.85. The van der Waals surface area contributed by atoms with E-state index in [1.165, 1.54) is 6.07 Å². The van der Waals surface area contributed by atoms with E-state index in [1.807, 2.05) is 25.8 Å². The van der Waals surface area contributed by atoms with Crippen LogP contribution in [0.3, 0.4) is 0 Å². The Labute approximate surface area is 115 Å². The number of hydrogen-bond acceptors (Lipinski definition) is 4. The van der Waals surface area contributed by atoms with Crippen molar-refractivity contribution in [3.05, 3.63) is 32.3 Å². The lowest BCUT2D eigenvalue weighted by Crippen LogP contribution is -2.44. The van der Waals surface area contributed by atoms with E-state index < -0.39 is 10.5 Å². The Hall–Kier alpha value is -1.14. The summed E-state index contributed by atoms with van der Waals surface area (Å²) >= 11 is 3.34.